The normalized spacial score (nSPS) is 12.4. The molecule has 1 heterocycles. The molecule has 0 saturated carbocycles. The van der Waals surface area contributed by atoms with Crippen molar-refractivity contribution in [1.82, 2.24) is 9.56 Å². The van der Waals surface area contributed by atoms with Crippen LogP contribution >= 0.6 is 0 Å². The topological polar surface area (TPSA) is 150 Å². The summed E-state index contributed by atoms with van der Waals surface area (Å²) in [4.78, 5) is 4.66. The highest BCUT2D eigenvalue weighted by Gasteiger charge is 2.16. The number of anilines is 1. The lowest BCUT2D eigenvalue weighted by Gasteiger charge is -2.11. The molecule has 0 aromatic heterocycles. The van der Waals surface area contributed by atoms with Crippen molar-refractivity contribution in [3.05, 3.63) is 41.3 Å². The predicted molar refractivity (Wildman–Crippen MR) is 127 cm³/mol. The van der Waals surface area contributed by atoms with Crippen molar-refractivity contribution in [1.29, 1.82) is 0 Å². The van der Waals surface area contributed by atoms with Gasteiger partial charge in [0.25, 0.3) is 20.2 Å². The minimum Gasteiger partial charge on any atom is -0.452 e. The molecule has 0 radical (unpaired) electrons. The molecular weight excluding hydrogens is 470 g/mol. The van der Waals surface area contributed by atoms with Crippen LogP contribution in [-0.2, 0) is 20.2 Å². The third-order valence-electron chi connectivity index (χ3n) is 5.10. The Hall–Kier alpha value is -2.54. The number of hydrogen-bond acceptors (Lipinski definition) is 7. The van der Waals surface area contributed by atoms with Crippen LogP contribution in [0.15, 0.2) is 34.7 Å². The number of nitrogens with zero attached hydrogens (tertiary/aromatic N) is 2. The van der Waals surface area contributed by atoms with Gasteiger partial charge in [-0.15, -0.1) is 0 Å². The molecule has 33 heavy (non-hydrogen) atoms. The zero-order valence-electron chi connectivity index (χ0n) is 18.5. The van der Waals surface area contributed by atoms with E-state index in [2.05, 4.69) is 10.3 Å². The van der Waals surface area contributed by atoms with Crippen molar-refractivity contribution in [2.24, 2.45) is 0 Å². The number of fused-ring (bicyclic) bond motifs is 2. The maximum atomic E-state index is 11.1. The molecule has 2 aliphatic rings. The highest BCUT2D eigenvalue weighted by atomic mass is 32.2. The maximum Gasteiger partial charge on any atom is 0.265 e. The van der Waals surface area contributed by atoms with E-state index in [4.69, 9.17) is 13.5 Å². The van der Waals surface area contributed by atoms with E-state index in [0.717, 1.165) is 17.8 Å². The molecule has 1 aliphatic carbocycles. The van der Waals surface area contributed by atoms with Crippen LogP contribution in [-0.4, -0.2) is 62.1 Å². The minimum absolute atomic E-state index is 0.140. The van der Waals surface area contributed by atoms with Crippen molar-refractivity contribution in [2.45, 2.75) is 26.7 Å². The standard InChI is InChI=1S/C21H27N3O7S2/c1-3-22-18-14-21-19(12-15(18)2)23-17-7-6-16(13-20(17)31-21)24(8-4-10-32(25,26)27)9-5-11-33(28,29)30/h6-7,12-14H,3-5,8-11H2,1-2H3,(H2,25,26,27,28,29,30)/p+1. The molecule has 0 atom stereocenters. The van der Waals surface area contributed by atoms with E-state index in [1.807, 2.05) is 26.0 Å². The number of aryl methyl sites for hydroxylation is 1. The first-order chi connectivity index (χ1) is 15.4. The molecule has 10 nitrogen and oxygen atoms in total. The molecule has 3 N–H and O–H groups in total. The fourth-order valence-electron chi connectivity index (χ4n) is 3.59. The van der Waals surface area contributed by atoms with Gasteiger partial charge in [0.2, 0.25) is 5.36 Å². The number of nitrogens with one attached hydrogen (secondary N) is 1. The fraction of sp³-hybridized carbons (Fsp3) is 0.429. The molecule has 0 spiro atoms. The molecular formula is C21H28N3O7S2+. The third kappa shape index (κ3) is 7.22. The van der Waals surface area contributed by atoms with E-state index in [9.17, 15) is 16.8 Å². The summed E-state index contributed by atoms with van der Waals surface area (Å²) in [6.07, 6.45) is 0.280. The van der Waals surface area contributed by atoms with E-state index in [0.29, 0.717) is 27.9 Å². The van der Waals surface area contributed by atoms with Crippen molar-refractivity contribution in [3.8, 4) is 11.5 Å². The van der Waals surface area contributed by atoms with Gasteiger partial charge in [0, 0.05) is 37.2 Å². The molecule has 0 fully saturated rings. The van der Waals surface area contributed by atoms with Gasteiger partial charge in [0.05, 0.1) is 17.6 Å². The Morgan fingerprint density at radius 1 is 1.00 bits per heavy atom. The van der Waals surface area contributed by atoms with Crippen molar-refractivity contribution in [3.63, 3.8) is 0 Å². The van der Waals surface area contributed by atoms with E-state index in [1.54, 1.807) is 22.8 Å². The van der Waals surface area contributed by atoms with Gasteiger partial charge in [0.1, 0.15) is 24.3 Å². The van der Waals surface area contributed by atoms with E-state index < -0.39 is 31.7 Å². The second-order valence-corrected chi connectivity index (χ2v) is 10.9. The largest absolute Gasteiger partial charge is 0.452 e. The minimum atomic E-state index is -4.11. The highest BCUT2D eigenvalue weighted by Crippen LogP contribution is 2.27. The lowest BCUT2D eigenvalue weighted by Crippen LogP contribution is -2.33. The summed E-state index contributed by atoms with van der Waals surface area (Å²) >= 11 is 0. The quantitative estimate of drug-likeness (QED) is 0.217. The maximum absolute atomic E-state index is 11.1. The van der Waals surface area contributed by atoms with E-state index in [-0.39, 0.29) is 25.9 Å². The van der Waals surface area contributed by atoms with Gasteiger partial charge in [-0.3, -0.25) is 9.11 Å². The zero-order chi connectivity index (χ0) is 24.2. The summed E-state index contributed by atoms with van der Waals surface area (Å²) in [7, 11) is -8.23. The Kier molecular flexibility index (Phi) is 7.73. The smallest absolute Gasteiger partial charge is 0.265 e. The summed E-state index contributed by atoms with van der Waals surface area (Å²) < 4.78 is 70.3. The number of rotatable bonds is 10. The fourth-order valence-corrected chi connectivity index (χ4v) is 4.58. The SMILES string of the molecule is CCNc1cc2oc3cc(=[N+](CCCS(=O)(=O)O)CCCS(=O)(=O)O)ccc-3nc2cc1C. The molecule has 0 unspecified atom stereocenters. The van der Waals surface area contributed by atoms with Crippen LogP contribution in [0.2, 0.25) is 0 Å². The van der Waals surface area contributed by atoms with Crippen molar-refractivity contribution < 1.29 is 30.4 Å². The van der Waals surface area contributed by atoms with Crippen LogP contribution < -0.4 is 15.2 Å². The van der Waals surface area contributed by atoms with Gasteiger partial charge >= 0.3 is 0 Å². The van der Waals surface area contributed by atoms with Gasteiger partial charge < -0.3 is 9.73 Å². The molecule has 0 amide bonds. The van der Waals surface area contributed by atoms with Gasteiger partial charge in [-0.1, -0.05) is 0 Å². The summed E-state index contributed by atoms with van der Waals surface area (Å²) in [5.74, 6) is -0.322. The number of aromatic nitrogens is 1. The summed E-state index contributed by atoms with van der Waals surface area (Å²) in [6, 6.07) is 9.16. The monoisotopic (exact) mass is 498 g/mol. The van der Waals surface area contributed by atoms with Crippen LogP contribution in [0, 0.1) is 6.92 Å². The molecule has 1 aromatic rings. The lowest BCUT2D eigenvalue weighted by molar-refractivity contribution is 0.472. The van der Waals surface area contributed by atoms with Gasteiger partial charge in [0.15, 0.2) is 11.3 Å². The Morgan fingerprint density at radius 3 is 2.21 bits per heavy atom. The van der Waals surface area contributed by atoms with E-state index in [1.165, 1.54) is 0 Å². The molecule has 1 aliphatic heterocycles. The highest BCUT2D eigenvalue weighted by molar-refractivity contribution is 7.86. The van der Waals surface area contributed by atoms with Gasteiger partial charge in [-0.2, -0.15) is 16.8 Å². The first kappa shape index (κ1) is 25.1. The van der Waals surface area contributed by atoms with E-state index >= 15 is 0 Å². The lowest BCUT2D eigenvalue weighted by atomic mass is 10.1. The summed E-state index contributed by atoms with van der Waals surface area (Å²) in [5, 5.41) is 3.96. The molecule has 0 saturated heterocycles. The average Bonchev–Trinajstić information content (AvgIpc) is 2.70. The Labute approximate surface area is 192 Å². The number of benzene rings is 2. The van der Waals surface area contributed by atoms with Crippen LogP contribution in [0.25, 0.3) is 22.6 Å². The molecule has 1 aromatic carbocycles. The summed E-state index contributed by atoms with van der Waals surface area (Å²) in [6.45, 7) is 5.26. The average molecular weight is 499 g/mol. The van der Waals surface area contributed by atoms with Crippen LogP contribution in [0.5, 0.6) is 0 Å². The van der Waals surface area contributed by atoms with Crippen LogP contribution in [0.1, 0.15) is 25.3 Å². The molecule has 3 rings (SSSR count). The van der Waals surface area contributed by atoms with Gasteiger partial charge in [-0.25, -0.2) is 9.56 Å². The molecule has 0 bridgehead atoms. The van der Waals surface area contributed by atoms with Crippen molar-refractivity contribution in [2.75, 3.05) is 36.5 Å². The Bertz CT molecular complexity index is 1360. The number of hydrogen-bond donors (Lipinski definition) is 3. The third-order valence-corrected chi connectivity index (χ3v) is 6.71. The Balaban J connectivity index is 2.04. The summed E-state index contributed by atoms with van der Waals surface area (Å²) in [5.41, 5.74) is 3.95. The molecule has 180 valence electrons. The van der Waals surface area contributed by atoms with Gasteiger partial charge in [-0.05, 0) is 31.5 Å². The predicted octanol–water partition coefficient (Wildman–Crippen LogP) is 2.00. The Morgan fingerprint density at radius 2 is 1.64 bits per heavy atom. The van der Waals surface area contributed by atoms with Crippen LogP contribution in [0.3, 0.4) is 0 Å². The zero-order valence-corrected chi connectivity index (χ0v) is 20.1. The van der Waals surface area contributed by atoms with Crippen molar-refractivity contribution >= 4 is 37.0 Å². The first-order valence-corrected chi connectivity index (χ1v) is 13.7. The first-order valence-electron chi connectivity index (χ1n) is 10.5. The second kappa shape index (κ2) is 10.2. The molecule has 12 heteroatoms. The second-order valence-electron chi connectivity index (χ2n) is 7.80. The van der Waals surface area contributed by atoms with Crippen LogP contribution in [0.4, 0.5) is 5.69 Å².